The number of hydrogen-bond acceptors (Lipinski definition) is 2. The van der Waals surface area contributed by atoms with Crippen LogP contribution in [0.25, 0.3) is 16.9 Å². The first-order valence-electron chi connectivity index (χ1n) is 5.22. The Kier molecular flexibility index (Phi) is 2.27. The minimum atomic E-state index is 0.709. The number of nitrogens with two attached hydrogens (primary N) is 1. The molecule has 0 aliphatic carbocycles. The van der Waals surface area contributed by atoms with Gasteiger partial charge in [0.15, 0.2) is 0 Å². The summed E-state index contributed by atoms with van der Waals surface area (Å²) in [5.41, 5.74) is 8.42. The molecule has 0 aliphatic heterocycles. The minimum absolute atomic E-state index is 0.709. The van der Waals surface area contributed by atoms with Crippen LogP contribution in [0.2, 0.25) is 5.02 Å². The van der Waals surface area contributed by atoms with Gasteiger partial charge in [0.1, 0.15) is 5.82 Å². The smallest absolute Gasteiger partial charge is 0.144 e. The van der Waals surface area contributed by atoms with Crippen molar-refractivity contribution in [1.82, 2.24) is 9.38 Å². The van der Waals surface area contributed by atoms with Gasteiger partial charge in [-0.25, -0.2) is 4.98 Å². The Hall–Kier alpha value is -2.00. The zero-order valence-corrected chi connectivity index (χ0v) is 9.72. The van der Waals surface area contributed by atoms with Gasteiger partial charge in [-0.05, 0) is 36.4 Å². The second kappa shape index (κ2) is 3.79. The third-order valence-corrected chi connectivity index (χ3v) is 2.90. The van der Waals surface area contributed by atoms with Crippen LogP contribution in [0.15, 0.2) is 48.8 Å². The van der Waals surface area contributed by atoms with Crippen molar-refractivity contribution in [1.29, 1.82) is 0 Å². The standard InChI is InChI=1S/C13H10ClN3/c14-10-5-6-17-12(7-10)8-16-13(17)9-1-3-11(15)4-2-9/h1-8H,15H2. The van der Waals surface area contributed by atoms with E-state index in [1.165, 1.54) is 0 Å². The third-order valence-electron chi connectivity index (χ3n) is 2.66. The van der Waals surface area contributed by atoms with Gasteiger partial charge in [-0.2, -0.15) is 0 Å². The van der Waals surface area contributed by atoms with Crippen molar-refractivity contribution in [3.8, 4) is 11.4 Å². The molecule has 0 unspecified atom stereocenters. The van der Waals surface area contributed by atoms with Gasteiger partial charge in [-0.3, -0.25) is 4.40 Å². The van der Waals surface area contributed by atoms with Crippen molar-refractivity contribution < 1.29 is 0 Å². The van der Waals surface area contributed by atoms with E-state index in [9.17, 15) is 0 Å². The van der Waals surface area contributed by atoms with Crippen molar-refractivity contribution in [2.45, 2.75) is 0 Å². The highest BCUT2D eigenvalue weighted by Crippen LogP contribution is 2.22. The summed E-state index contributed by atoms with van der Waals surface area (Å²) in [5.74, 6) is 0.886. The molecule has 0 saturated heterocycles. The number of aromatic nitrogens is 2. The van der Waals surface area contributed by atoms with Crippen LogP contribution in [0, 0.1) is 0 Å². The molecule has 0 fully saturated rings. The summed E-state index contributed by atoms with van der Waals surface area (Å²) >= 11 is 5.94. The maximum Gasteiger partial charge on any atom is 0.144 e. The Balaban J connectivity index is 2.21. The number of pyridine rings is 1. The fraction of sp³-hybridized carbons (Fsp3) is 0. The van der Waals surface area contributed by atoms with Crippen molar-refractivity contribution in [2.24, 2.45) is 0 Å². The van der Waals surface area contributed by atoms with Crippen LogP contribution in [0.5, 0.6) is 0 Å². The number of benzene rings is 1. The summed E-state index contributed by atoms with van der Waals surface area (Å²) in [6.45, 7) is 0. The summed E-state index contributed by atoms with van der Waals surface area (Å²) < 4.78 is 2.00. The van der Waals surface area contributed by atoms with Crippen molar-refractivity contribution in [3.05, 3.63) is 53.8 Å². The monoisotopic (exact) mass is 243 g/mol. The molecule has 3 aromatic rings. The van der Waals surface area contributed by atoms with E-state index in [1.807, 2.05) is 47.0 Å². The van der Waals surface area contributed by atoms with Crippen molar-refractivity contribution >= 4 is 22.8 Å². The van der Waals surface area contributed by atoms with Crippen LogP contribution in [-0.2, 0) is 0 Å². The molecule has 0 saturated carbocycles. The Bertz CT molecular complexity index is 671. The van der Waals surface area contributed by atoms with E-state index < -0.39 is 0 Å². The maximum atomic E-state index is 5.94. The molecule has 0 radical (unpaired) electrons. The lowest BCUT2D eigenvalue weighted by molar-refractivity contribution is 1.16. The van der Waals surface area contributed by atoms with Gasteiger partial charge in [-0.1, -0.05) is 11.6 Å². The first kappa shape index (κ1) is 10.2. The van der Waals surface area contributed by atoms with E-state index in [-0.39, 0.29) is 0 Å². The third kappa shape index (κ3) is 1.74. The fourth-order valence-corrected chi connectivity index (χ4v) is 1.99. The predicted octanol–water partition coefficient (Wildman–Crippen LogP) is 3.24. The molecule has 2 heterocycles. The highest BCUT2D eigenvalue weighted by Gasteiger charge is 2.05. The van der Waals surface area contributed by atoms with Gasteiger partial charge < -0.3 is 5.73 Å². The van der Waals surface area contributed by atoms with E-state index in [4.69, 9.17) is 17.3 Å². The molecule has 17 heavy (non-hydrogen) atoms. The maximum absolute atomic E-state index is 5.94. The van der Waals surface area contributed by atoms with Gasteiger partial charge in [-0.15, -0.1) is 0 Å². The molecule has 0 amide bonds. The zero-order chi connectivity index (χ0) is 11.8. The van der Waals surface area contributed by atoms with Crippen LogP contribution in [0.1, 0.15) is 0 Å². The molecule has 0 bridgehead atoms. The number of halogens is 1. The zero-order valence-electron chi connectivity index (χ0n) is 8.97. The van der Waals surface area contributed by atoms with Gasteiger partial charge in [0, 0.05) is 22.5 Å². The first-order valence-corrected chi connectivity index (χ1v) is 5.60. The highest BCUT2D eigenvalue weighted by atomic mass is 35.5. The van der Waals surface area contributed by atoms with E-state index in [1.54, 1.807) is 6.20 Å². The van der Waals surface area contributed by atoms with Gasteiger partial charge in [0.25, 0.3) is 0 Å². The molecule has 3 nitrogen and oxygen atoms in total. The Labute approximate surface area is 103 Å². The molecule has 4 heteroatoms. The largest absolute Gasteiger partial charge is 0.399 e. The second-order valence-electron chi connectivity index (χ2n) is 3.84. The molecule has 0 aliphatic rings. The van der Waals surface area contributed by atoms with Crippen LogP contribution in [0.3, 0.4) is 0 Å². The van der Waals surface area contributed by atoms with Crippen LogP contribution in [-0.4, -0.2) is 9.38 Å². The quantitative estimate of drug-likeness (QED) is 0.667. The summed E-state index contributed by atoms with van der Waals surface area (Å²) in [7, 11) is 0. The minimum Gasteiger partial charge on any atom is -0.399 e. The summed E-state index contributed by atoms with van der Waals surface area (Å²) in [4.78, 5) is 4.40. The second-order valence-corrected chi connectivity index (χ2v) is 4.28. The van der Waals surface area contributed by atoms with Crippen molar-refractivity contribution in [2.75, 3.05) is 5.73 Å². The molecule has 0 atom stereocenters. The molecule has 3 rings (SSSR count). The average molecular weight is 244 g/mol. The molecular weight excluding hydrogens is 234 g/mol. The molecular formula is C13H10ClN3. The van der Waals surface area contributed by atoms with Gasteiger partial charge in [0.05, 0.1) is 11.7 Å². The lowest BCUT2D eigenvalue weighted by atomic mass is 10.2. The number of nitrogens with zero attached hydrogens (tertiary/aromatic N) is 2. The number of anilines is 1. The van der Waals surface area contributed by atoms with E-state index in [0.29, 0.717) is 5.02 Å². The summed E-state index contributed by atoms with van der Waals surface area (Å²) in [6, 6.07) is 11.4. The number of imidazole rings is 1. The molecule has 1 aromatic carbocycles. The molecule has 2 N–H and O–H groups in total. The van der Waals surface area contributed by atoms with Crippen LogP contribution in [0.4, 0.5) is 5.69 Å². The van der Waals surface area contributed by atoms with E-state index >= 15 is 0 Å². The predicted molar refractivity (Wildman–Crippen MR) is 70.1 cm³/mol. The Morgan fingerprint density at radius 1 is 1.12 bits per heavy atom. The SMILES string of the molecule is Nc1ccc(-c2ncc3cc(Cl)ccn23)cc1. The fourth-order valence-electron chi connectivity index (χ4n) is 1.82. The lowest BCUT2D eigenvalue weighted by Crippen LogP contribution is -1.90. The number of rotatable bonds is 1. The van der Waals surface area contributed by atoms with Crippen LogP contribution >= 0.6 is 11.6 Å². The lowest BCUT2D eigenvalue weighted by Gasteiger charge is -2.02. The number of hydrogen-bond donors (Lipinski definition) is 1. The topological polar surface area (TPSA) is 43.3 Å². The summed E-state index contributed by atoms with van der Waals surface area (Å²) in [6.07, 6.45) is 3.72. The van der Waals surface area contributed by atoms with E-state index in [0.717, 1.165) is 22.6 Å². The van der Waals surface area contributed by atoms with Crippen molar-refractivity contribution in [3.63, 3.8) is 0 Å². The highest BCUT2D eigenvalue weighted by molar-refractivity contribution is 6.30. The van der Waals surface area contributed by atoms with Crippen LogP contribution < -0.4 is 5.73 Å². The Morgan fingerprint density at radius 2 is 1.88 bits per heavy atom. The molecule has 0 spiro atoms. The normalized spacial score (nSPS) is 10.9. The Morgan fingerprint density at radius 3 is 2.65 bits per heavy atom. The van der Waals surface area contributed by atoms with E-state index in [2.05, 4.69) is 4.98 Å². The first-order chi connectivity index (χ1) is 8.24. The number of fused-ring (bicyclic) bond motifs is 1. The molecule has 2 aromatic heterocycles. The average Bonchev–Trinajstić information content (AvgIpc) is 2.73. The summed E-state index contributed by atoms with van der Waals surface area (Å²) in [5, 5.41) is 0.709. The number of nitrogen functional groups attached to an aromatic ring is 1. The molecule has 84 valence electrons. The van der Waals surface area contributed by atoms with Gasteiger partial charge >= 0.3 is 0 Å². The van der Waals surface area contributed by atoms with Gasteiger partial charge in [0.2, 0.25) is 0 Å².